The molecule has 0 spiro atoms. The van der Waals surface area contributed by atoms with Gasteiger partial charge in [-0.25, -0.2) is 0 Å². The van der Waals surface area contributed by atoms with E-state index < -0.39 is 5.60 Å². The van der Waals surface area contributed by atoms with Gasteiger partial charge < -0.3 is 15.5 Å². The summed E-state index contributed by atoms with van der Waals surface area (Å²) in [4.78, 5) is 0. The molecule has 0 aromatic rings. The molecule has 1 aliphatic carbocycles. The van der Waals surface area contributed by atoms with Gasteiger partial charge in [0, 0.05) is 5.41 Å². The van der Waals surface area contributed by atoms with Gasteiger partial charge in [0.25, 0.3) is 0 Å². The molecule has 3 heteroatoms. The van der Waals surface area contributed by atoms with Crippen LogP contribution in [0.1, 0.15) is 32.1 Å². The van der Waals surface area contributed by atoms with Gasteiger partial charge in [-0.1, -0.05) is 0 Å². The van der Waals surface area contributed by atoms with Crippen molar-refractivity contribution in [2.24, 2.45) is 5.41 Å². The highest BCUT2D eigenvalue weighted by Crippen LogP contribution is 2.50. The molecular formula is C10H19NO2. The number of rotatable bonds is 2. The maximum atomic E-state index is 10.3. The normalized spacial score (nSPS) is 30.9. The fraction of sp³-hybridized carbons (Fsp3) is 1.00. The number of hydrogen-bond acceptors (Lipinski definition) is 3. The van der Waals surface area contributed by atoms with Crippen LogP contribution in [0.3, 0.4) is 0 Å². The summed E-state index contributed by atoms with van der Waals surface area (Å²) in [6, 6.07) is 0. The molecule has 1 saturated heterocycles. The molecule has 0 atom stereocenters. The summed E-state index contributed by atoms with van der Waals surface area (Å²) < 4.78 is 0. The van der Waals surface area contributed by atoms with Crippen molar-refractivity contribution in [2.45, 2.75) is 37.7 Å². The van der Waals surface area contributed by atoms with Crippen LogP contribution in [0.5, 0.6) is 0 Å². The first kappa shape index (κ1) is 9.44. The highest BCUT2D eigenvalue weighted by Gasteiger charge is 2.53. The standard InChI is InChI=1S/C10H19NO2/c12-8-9(4-6-11-7-5-9)10(13)2-1-3-10/h11-13H,1-8H2. The van der Waals surface area contributed by atoms with E-state index in [0.29, 0.717) is 0 Å². The summed E-state index contributed by atoms with van der Waals surface area (Å²) >= 11 is 0. The van der Waals surface area contributed by atoms with E-state index in [-0.39, 0.29) is 12.0 Å². The van der Waals surface area contributed by atoms with Gasteiger partial charge in [0.2, 0.25) is 0 Å². The van der Waals surface area contributed by atoms with Crippen LogP contribution in [0.15, 0.2) is 0 Å². The summed E-state index contributed by atoms with van der Waals surface area (Å²) in [5.41, 5.74) is -0.750. The molecule has 3 nitrogen and oxygen atoms in total. The molecule has 1 aliphatic heterocycles. The van der Waals surface area contributed by atoms with Crippen molar-refractivity contribution >= 4 is 0 Å². The highest BCUT2D eigenvalue weighted by molar-refractivity contribution is 5.05. The molecule has 0 unspecified atom stereocenters. The highest BCUT2D eigenvalue weighted by atomic mass is 16.3. The van der Waals surface area contributed by atoms with E-state index in [1.54, 1.807) is 0 Å². The van der Waals surface area contributed by atoms with Gasteiger partial charge in [-0.15, -0.1) is 0 Å². The van der Waals surface area contributed by atoms with Crippen molar-refractivity contribution in [3.63, 3.8) is 0 Å². The predicted molar refractivity (Wildman–Crippen MR) is 50.4 cm³/mol. The monoisotopic (exact) mass is 185 g/mol. The largest absolute Gasteiger partial charge is 0.396 e. The van der Waals surface area contributed by atoms with E-state index in [2.05, 4.69) is 5.32 Å². The number of piperidine rings is 1. The van der Waals surface area contributed by atoms with Crippen LogP contribution in [0.4, 0.5) is 0 Å². The minimum atomic E-state index is -0.552. The average Bonchev–Trinajstić information content (AvgIpc) is 2.15. The summed E-state index contributed by atoms with van der Waals surface area (Å²) in [5.74, 6) is 0. The molecule has 2 aliphatic rings. The molecule has 3 N–H and O–H groups in total. The molecule has 13 heavy (non-hydrogen) atoms. The lowest BCUT2D eigenvalue weighted by molar-refractivity contribution is -0.169. The minimum Gasteiger partial charge on any atom is -0.396 e. The maximum Gasteiger partial charge on any atom is 0.0726 e. The van der Waals surface area contributed by atoms with Gasteiger partial charge in [0.1, 0.15) is 0 Å². The van der Waals surface area contributed by atoms with Crippen LogP contribution in [0, 0.1) is 5.41 Å². The zero-order valence-corrected chi connectivity index (χ0v) is 8.05. The predicted octanol–water partition coefficient (Wildman–Crippen LogP) is 0.263. The topological polar surface area (TPSA) is 52.5 Å². The van der Waals surface area contributed by atoms with E-state index >= 15 is 0 Å². The Morgan fingerprint density at radius 1 is 1.08 bits per heavy atom. The summed E-state index contributed by atoms with van der Waals surface area (Å²) in [5, 5.41) is 23.0. The molecule has 1 saturated carbocycles. The SMILES string of the molecule is OCC1(C2(O)CCC2)CCNCC1. The van der Waals surface area contributed by atoms with Gasteiger partial charge in [0.15, 0.2) is 0 Å². The Morgan fingerprint density at radius 3 is 2.08 bits per heavy atom. The second-order valence-electron chi connectivity index (χ2n) is 4.57. The first-order valence-corrected chi connectivity index (χ1v) is 5.26. The van der Waals surface area contributed by atoms with Crippen molar-refractivity contribution in [3.8, 4) is 0 Å². The molecular weight excluding hydrogens is 166 g/mol. The third-order valence-corrected chi connectivity index (χ3v) is 4.03. The average molecular weight is 185 g/mol. The first-order valence-electron chi connectivity index (χ1n) is 5.26. The minimum absolute atomic E-state index is 0.144. The van der Waals surface area contributed by atoms with E-state index in [0.717, 1.165) is 45.2 Å². The first-order chi connectivity index (χ1) is 6.22. The number of aliphatic hydroxyl groups is 2. The lowest BCUT2D eigenvalue weighted by atomic mass is 9.58. The third kappa shape index (κ3) is 1.30. The summed E-state index contributed by atoms with van der Waals surface area (Å²) in [6.45, 7) is 2.01. The van der Waals surface area contributed by atoms with Crippen molar-refractivity contribution in [3.05, 3.63) is 0 Å². The Kier molecular flexibility index (Phi) is 2.34. The van der Waals surface area contributed by atoms with E-state index in [9.17, 15) is 10.2 Å². The van der Waals surface area contributed by atoms with Crippen LogP contribution < -0.4 is 5.32 Å². The van der Waals surface area contributed by atoms with Crippen LogP contribution in [0.25, 0.3) is 0 Å². The lowest BCUT2D eigenvalue weighted by Crippen LogP contribution is -2.58. The summed E-state index contributed by atoms with van der Waals surface area (Å²) in [6.07, 6.45) is 4.72. The van der Waals surface area contributed by atoms with Crippen molar-refractivity contribution in [1.82, 2.24) is 5.32 Å². The van der Waals surface area contributed by atoms with Gasteiger partial charge >= 0.3 is 0 Å². The van der Waals surface area contributed by atoms with Gasteiger partial charge in [-0.05, 0) is 45.2 Å². The molecule has 0 amide bonds. The van der Waals surface area contributed by atoms with Crippen molar-refractivity contribution < 1.29 is 10.2 Å². The van der Waals surface area contributed by atoms with E-state index in [1.807, 2.05) is 0 Å². The molecule has 0 aromatic carbocycles. The fourth-order valence-electron chi connectivity index (χ4n) is 2.72. The molecule has 76 valence electrons. The summed E-state index contributed by atoms with van der Waals surface area (Å²) in [7, 11) is 0. The number of nitrogens with one attached hydrogen (secondary N) is 1. The lowest BCUT2D eigenvalue weighted by Gasteiger charge is -2.53. The van der Waals surface area contributed by atoms with Gasteiger partial charge in [-0.3, -0.25) is 0 Å². The molecule has 0 radical (unpaired) electrons. The third-order valence-electron chi connectivity index (χ3n) is 4.03. The van der Waals surface area contributed by atoms with Crippen LogP contribution in [-0.2, 0) is 0 Å². The quantitative estimate of drug-likeness (QED) is 0.578. The molecule has 0 bridgehead atoms. The second-order valence-corrected chi connectivity index (χ2v) is 4.57. The zero-order valence-electron chi connectivity index (χ0n) is 8.05. The van der Waals surface area contributed by atoms with E-state index in [1.165, 1.54) is 0 Å². The molecule has 2 fully saturated rings. The van der Waals surface area contributed by atoms with Gasteiger partial charge in [-0.2, -0.15) is 0 Å². The zero-order chi connectivity index (χ0) is 9.36. The Morgan fingerprint density at radius 2 is 1.69 bits per heavy atom. The van der Waals surface area contributed by atoms with Crippen LogP contribution in [0.2, 0.25) is 0 Å². The fourth-order valence-corrected chi connectivity index (χ4v) is 2.72. The molecule has 0 aromatic heterocycles. The van der Waals surface area contributed by atoms with E-state index in [4.69, 9.17) is 0 Å². The Balaban J connectivity index is 2.12. The van der Waals surface area contributed by atoms with Crippen LogP contribution in [-0.4, -0.2) is 35.5 Å². The smallest absolute Gasteiger partial charge is 0.0726 e. The van der Waals surface area contributed by atoms with Crippen molar-refractivity contribution in [2.75, 3.05) is 19.7 Å². The Hall–Kier alpha value is -0.120. The molecule has 2 rings (SSSR count). The second kappa shape index (κ2) is 3.23. The Bertz CT molecular complexity index is 183. The van der Waals surface area contributed by atoms with Crippen LogP contribution >= 0.6 is 0 Å². The number of hydrogen-bond donors (Lipinski definition) is 3. The van der Waals surface area contributed by atoms with Gasteiger partial charge in [0.05, 0.1) is 12.2 Å². The number of aliphatic hydroxyl groups excluding tert-OH is 1. The maximum absolute atomic E-state index is 10.3. The molecule has 1 heterocycles. The Labute approximate surface area is 79.2 Å². The van der Waals surface area contributed by atoms with Crippen molar-refractivity contribution in [1.29, 1.82) is 0 Å².